The Kier molecular flexibility index (Phi) is 5.30. The Morgan fingerprint density at radius 3 is 2.60 bits per heavy atom. The van der Waals surface area contributed by atoms with Gasteiger partial charge in [-0.05, 0) is 37.6 Å². The molecule has 0 bridgehead atoms. The van der Waals surface area contributed by atoms with Crippen LogP contribution in [0.15, 0.2) is 36.4 Å². The molecule has 4 heteroatoms. The number of benzene rings is 2. The third-order valence-corrected chi connectivity index (χ3v) is 3.70. The molecule has 0 fully saturated rings. The van der Waals surface area contributed by atoms with Crippen LogP contribution in [0.2, 0.25) is 10.0 Å². The van der Waals surface area contributed by atoms with Gasteiger partial charge in [-0.15, -0.1) is 0 Å². The van der Waals surface area contributed by atoms with Crippen molar-refractivity contribution in [2.75, 3.05) is 13.7 Å². The predicted octanol–water partition coefficient (Wildman–Crippen LogP) is 4.56. The van der Waals surface area contributed by atoms with Gasteiger partial charge in [-0.2, -0.15) is 0 Å². The van der Waals surface area contributed by atoms with Crippen molar-refractivity contribution >= 4 is 23.2 Å². The lowest BCUT2D eigenvalue weighted by atomic mass is 9.98. The van der Waals surface area contributed by atoms with E-state index in [0.717, 1.165) is 36.3 Å². The lowest BCUT2D eigenvalue weighted by molar-refractivity contribution is 0.289. The summed E-state index contributed by atoms with van der Waals surface area (Å²) in [4.78, 5) is 0. The van der Waals surface area contributed by atoms with Crippen LogP contribution in [0.25, 0.3) is 11.1 Å². The number of para-hydroxylation sites is 1. The van der Waals surface area contributed by atoms with Crippen molar-refractivity contribution in [2.24, 2.45) is 5.73 Å². The average molecular weight is 310 g/mol. The first-order valence-corrected chi connectivity index (χ1v) is 7.29. The minimum atomic E-state index is 0.648. The van der Waals surface area contributed by atoms with E-state index in [4.69, 9.17) is 27.9 Å². The molecule has 0 radical (unpaired) electrons. The molecule has 0 saturated heterocycles. The number of ether oxygens (including phenoxy) is 1. The Balaban J connectivity index is 0.000000704. The minimum absolute atomic E-state index is 0.648. The Morgan fingerprint density at radius 2 is 1.85 bits per heavy atom. The van der Waals surface area contributed by atoms with Crippen LogP contribution in [0.4, 0.5) is 0 Å². The number of aryl methyl sites for hydroxylation is 1. The molecule has 2 aromatic carbocycles. The van der Waals surface area contributed by atoms with Crippen molar-refractivity contribution in [3.8, 4) is 16.9 Å². The second-order valence-electron chi connectivity index (χ2n) is 4.37. The van der Waals surface area contributed by atoms with Crippen molar-refractivity contribution in [3.05, 3.63) is 52.0 Å². The van der Waals surface area contributed by atoms with Gasteiger partial charge in [0.1, 0.15) is 5.75 Å². The molecule has 2 N–H and O–H groups in total. The molecule has 1 aliphatic heterocycles. The highest BCUT2D eigenvalue weighted by Gasteiger charge is 2.16. The van der Waals surface area contributed by atoms with Gasteiger partial charge in [0.2, 0.25) is 0 Å². The maximum absolute atomic E-state index is 6.27. The minimum Gasteiger partial charge on any atom is -0.493 e. The highest BCUT2D eigenvalue weighted by atomic mass is 35.5. The number of hydrogen-bond acceptors (Lipinski definition) is 2. The van der Waals surface area contributed by atoms with E-state index < -0.39 is 0 Å². The van der Waals surface area contributed by atoms with Crippen molar-refractivity contribution in [3.63, 3.8) is 0 Å². The normalized spacial score (nSPS) is 12.8. The summed E-state index contributed by atoms with van der Waals surface area (Å²) in [6, 6.07) is 11.8. The van der Waals surface area contributed by atoms with Crippen LogP contribution >= 0.6 is 23.2 Å². The summed E-state index contributed by atoms with van der Waals surface area (Å²) in [5.74, 6) is 0.966. The largest absolute Gasteiger partial charge is 0.493 e. The van der Waals surface area contributed by atoms with Crippen molar-refractivity contribution < 1.29 is 4.74 Å². The van der Waals surface area contributed by atoms with Gasteiger partial charge < -0.3 is 10.5 Å². The third kappa shape index (κ3) is 3.09. The van der Waals surface area contributed by atoms with Gasteiger partial charge in [0.25, 0.3) is 0 Å². The summed E-state index contributed by atoms with van der Waals surface area (Å²) in [6.45, 7) is 0.773. The monoisotopic (exact) mass is 309 g/mol. The summed E-state index contributed by atoms with van der Waals surface area (Å²) in [6.07, 6.45) is 2.14. The molecule has 0 unspecified atom stereocenters. The Bertz CT molecular complexity index is 599. The van der Waals surface area contributed by atoms with E-state index in [0.29, 0.717) is 10.0 Å². The second-order valence-corrected chi connectivity index (χ2v) is 5.21. The number of halogens is 2. The first kappa shape index (κ1) is 15.2. The lowest BCUT2D eigenvalue weighted by Gasteiger charge is -2.20. The molecule has 0 amide bonds. The molecule has 2 nitrogen and oxygen atoms in total. The van der Waals surface area contributed by atoms with E-state index in [-0.39, 0.29) is 0 Å². The highest BCUT2D eigenvalue weighted by Crippen LogP contribution is 2.39. The lowest BCUT2D eigenvalue weighted by Crippen LogP contribution is -2.09. The molecule has 2 aromatic rings. The van der Waals surface area contributed by atoms with Crippen LogP contribution in [-0.4, -0.2) is 13.7 Å². The second kappa shape index (κ2) is 6.98. The van der Waals surface area contributed by atoms with Crippen LogP contribution in [0.5, 0.6) is 5.75 Å². The van der Waals surface area contributed by atoms with Crippen molar-refractivity contribution in [1.82, 2.24) is 0 Å². The fourth-order valence-electron chi connectivity index (χ4n) is 2.31. The molecular formula is C16H17Cl2NO. The first-order chi connectivity index (χ1) is 9.75. The topological polar surface area (TPSA) is 35.2 Å². The SMILES string of the molecule is CN.Clc1ccc(-c2cccc3c2OCCC3)c(Cl)c1. The van der Waals surface area contributed by atoms with Gasteiger partial charge in [0, 0.05) is 16.1 Å². The molecule has 3 rings (SSSR count). The highest BCUT2D eigenvalue weighted by molar-refractivity contribution is 6.36. The third-order valence-electron chi connectivity index (χ3n) is 3.15. The fraction of sp³-hybridized carbons (Fsp3) is 0.250. The molecule has 1 heterocycles. The van der Waals surface area contributed by atoms with E-state index in [2.05, 4.69) is 11.8 Å². The summed E-state index contributed by atoms with van der Waals surface area (Å²) < 4.78 is 5.80. The molecule has 20 heavy (non-hydrogen) atoms. The van der Waals surface area contributed by atoms with Gasteiger partial charge in [0.05, 0.1) is 11.6 Å². The zero-order valence-corrected chi connectivity index (χ0v) is 12.8. The summed E-state index contributed by atoms with van der Waals surface area (Å²) in [5, 5.41) is 1.31. The molecule has 0 saturated carbocycles. The number of hydrogen-bond donors (Lipinski definition) is 1. The van der Waals surface area contributed by atoms with Crippen LogP contribution in [0.3, 0.4) is 0 Å². The van der Waals surface area contributed by atoms with Crippen LogP contribution in [-0.2, 0) is 6.42 Å². The van der Waals surface area contributed by atoms with Gasteiger partial charge in [-0.1, -0.05) is 47.5 Å². The number of fused-ring (bicyclic) bond motifs is 1. The standard InChI is InChI=1S/C15H12Cl2O.CH5N/c16-11-6-7-12(14(17)9-11)13-5-1-3-10-4-2-8-18-15(10)13;1-2/h1,3,5-7,9H,2,4,8H2;2H2,1H3. The van der Waals surface area contributed by atoms with Gasteiger partial charge in [0.15, 0.2) is 0 Å². The van der Waals surface area contributed by atoms with Crippen LogP contribution in [0.1, 0.15) is 12.0 Å². The average Bonchev–Trinajstić information content (AvgIpc) is 2.49. The van der Waals surface area contributed by atoms with Gasteiger partial charge in [-0.25, -0.2) is 0 Å². The predicted molar refractivity (Wildman–Crippen MR) is 85.8 cm³/mol. The zero-order chi connectivity index (χ0) is 14.5. The number of rotatable bonds is 1. The number of nitrogens with two attached hydrogens (primary N) is 1. The molecule has 0 atom stereocenters. The van der Waals surface area contributed by atoms with Crippen LogP contribution in [0, 0.1) is 0 Å². The first-order valence-electron chi connectivity index (χ1n) is 6.53. The fourth-order valence-corrected chi connectivity index (χ4v) is 2.82. The smallest absolute Gasteiger partial charge is 0.130 e. The summed E-state index contributed by atoms with van der Waals surface area (Å²) in [5.41, 5.74) is 7.78. The summed E-state index contributed by atoms with van der Waals surface area (Å²) in [7, 11) is 1.50. The summed E-state index contributed by atoms with van der Waals surface area (Å²) >= 11 is 12.2. The molecule has 106 valence electrons. The van der Waals surface area contributed by atoms with Crippen LogP contribution < -0.4 is 10.5 Å². The van der Waals surface area contributed by atoms with Crippen molar-refractivity contribution in [1.29, 1.82) is 0 Å². The van der Waals surface area contributed by atoms with Gasteiger partial charge in [-0.3, -0.25) is 0 Å². The molecule has 1 aliphatic rings. The van der Waals surface area contributed by atoms with Crippen molar-refractivity contribution in [2.45, 2.75) is 12.8 Å². The quantitative estimate of drug-likeness (QED) is 0.838. The maximum atomic E-state index is 6.27. The Morgan fingerprint density at radius 1 is 1.05 bits per heavy atom. The van der Waals surface area contributed by atoms with E-state index in [1.807, 2.05) is 24.3 Å². The molecule has 0 aromatic heterocycles. The molecule has 0 spiro atoms. The van der Waals surface area contributed by atoms with E-state index >= 15 is 0 Å². The van der Waals surface area contributed by atoms with E-state index in [1.54, 1.807) is 6.07 Å². The Labute approximate surface area is 129 Å². The maximum Gasteiger partial charge on any atom is 0.130 e. The zero-order valence-electron chi connectivity index (χ0n) is 11.3. The Hall–Kier alpha value is -1.22. The molecule has 0 aliphatic carbocycles. The van der Waals surface area contributed by atoms with Gasteiger partial charge >= 0.3 is 0 Å². The molecular weight excluding hydrogens is 293 g/mol. The van der Waals surface area contributed by atoms with E-state index in [1.165, 1.54) is 12.6 Å². The van der Waals surface area contributed by atoms with E-state index in [9.17, 15) is 0 Å².